The lowest BCUT2D eigenvalue weighted by Crippen LogP contribution is -2.54. The van der Waals surface area contributed by atoms with Crippen molar-refractivity contribution in [1.29, 1.82) is 0 Å². The molecule has 112 valence electrons. The molecule has 2 saturated heterocycles. The van der Waals surface area contributed by atoms with E-state index in [1.54, 1.807) is 30.3 Å². The summed E-state index contributed by atoms with van der Waals surface area (Å²) in [5.74, 6) is -0.954. The van der Waals surface area contributed by atoms with Gasteiger partial charge >= 0.3 is 5.97 Å². The van der Waals surface area contributed by atoms with E-state index in [4.69, 9.17) is 14.2 Å². The Kier molecular flexibility index (Phi) is 2.54. The Morgan fingerprint density at radius 3 is 2.81 bits per heavy atom. The van der Waals surface area contributed by atoms with E-state index in [1.807, 2.05) is 6.92 Å². The van der Waals surface area contributed by atoms with Crippen molar-refractivity contribution in [1.82, 2.24) is 0 Å². The fraction of sp³-hybridized carbons (Fsp3) is 0.533. The van der Waals surface area contributed by atoms with Gasteiger partial charge < -0.3 is 24.4 Å². The number of rotatable bonds is 2. The van der Waals surface area contributed by atoms with Crippen LogP contribution in [0.5, 0.6) is 0 Å². The van der Waals surface area contributed by atoms with Crippen molar-refractivity contribution in [2.24, 2.45) is 5.92 Å². The van der Waals surface area contributed by atoms with Crippen LogP contribution in [0.1, 0.15) is 17.3 Å². The molecular formula is C15H16O6. The third-order valence-electron chi connectivity index (χ3n) is 4.93. The minimum atomic E-state index is -1.61. The molecule has 1 aliphatic carbocycles. The summed E-state index contributed by atoms with van der Waals surface area (Å²) in [4.78, 5) is 12.2. The van der Waals surface area contributed by atoms with Crippen molar-refractivity contribution >= 4 is 5.97 Å². The van der Waals surface area contributed by atoms with Gasteiger partial charge in [0.15, 0.2) is 18.0 Å². The van der Waals surface area contributed by atoms with Crippen LogP contribution in [-0.4, -0.2) is 52.5 Å². The number of carbonyl (C=O) groups is 1. The highest BCUT2D eigenvalue weighted by Crippen LogP contribution is 2.62. The van der Waals surface area contributed by atoms with Gasteiger partial charge in [0.1, 0.15) is 11.7 Å². The van der Waals surface area contributed by atoms with Crippen molar-refractivity contribution in [2.45, 2.75) is 36.6 Å². The highest BCUT2D eigenvalue weighted by atomic mass is 16.7. The second kappa shape index (κ2) is 4.04. The molecule has 3 aliphatic rings. The van der Waals surface area contributed by atoms with Crippen LogP contribution in [0.3, 0.4) is 0 Å². The maximum Gasteiger partial charge on any atom is 0.338 e. The zero-order valence-electron chi connectivity index (χ0n) is 11.4. The first-order valence-electron chi connectivity index (χ1n) is 6.94. The zero-order valence-corrected chi connectivity index (χ0v) is 11.4. The molecule has 3 fully saturated rings. The number of hydrogen-bond acceptors (Lipinski definition) is 6. The van der Waals surface area contributed by atoms with Crippen LogP contribution in [0.25, 0.3) is 0 Å². The summed E-state index contributed by atoms with van der Waals surface area (Å²) in [6.45, 7) is 2.02. The first-order chi connectivity index (χ1) is 9.98. The predicted molar refractivity (Wildman–Crippen MR) is 69.3 cm³/mol. The lowest BCUT2D eigenvalue weighted by atomic mass is 9.86. The van der Waals surface area contributed by atoms with Crippen molar-refractivity contribution in [3.8, 4) is 0 Å². The van der Waals surface area contributed by atoms with Crippen LogP contribution < -0.4 is 0 Å². The summed E-state index contributed by atoms with van der Waals surface area (Å²) in [5, 5.41) is 20.7. The number of carbonyl (C=O) groups excluding carboxylic acids is 1. The van der Waals surface area contributed by atoms with Gasteiger partial charge in [-0.05, 0) is 19.1 Å². The molecule has 0 amide bonds. The molecule has 6 nitrogen and oxygen atoms in total. The predicted octanol–water partition coefficient (Wildman–Crippen LogP) is 0.0790. The topological polar surface area (TPSA) is 88.5 Å². The fourth-order valence-corrected chi connectivity index (χ4v) is 3.63. The van der Waals surface area contributed by atoms with E-state index in [0.717, 1.165) is 0 Å². The summed E-state index contributed by atoms with van der Waals surface area (Å²) in [5.41, 5.74) is -1.82. The molecule has 1 saturated carbocycles. The van der Waals surface area contributed by atoms with Crippen molar-refractivity contribution in [2.75, 3.05) is 6.61 Å². The van der Waals surface area contributed by atoms with Crippen LogP contribution in [0.4, 0.5) is 0 Å². The average molecular weight is 292 g/mol. The lowest BCUT2D eigenvalue weighted by molar-refractivity contribution is -0.208. The first kappa shape index (κ1) is 13.2. The molecule has 6 atom stereocenters. The maximum absolute atomic E-state index is 12.2. The molecule has 0 bridgehead atoms. The molecule has 6 heteroatoms. The van der Waals surface area contributed by atoms with Gasteiger partial charge in [-0.3, -0.25) is 0 Å². The molecule has 0 spiro atoms. The van der Waals surface area contributed by atoms with E-state index >= 15 is 0 Å². The highest BCUT2D eigenvalue weighted by Gasteiger charge is 2.82. The van der Waals surface area contributed by atoms with E-state index in [2.05, 4.69) is 0 Å². The van der Waals surface area contributed by atoms with Gasteiger partial charge in [-0.15, -0.1) is 0 Å². The van der Waals surface area contributed by atoms with E-state index < -0.39 is 41.6 Å². The minimum Gasteiger partial charge on any atom is -0.453 e. The Balaban J connectivity index is 1.62. The molecule has 0 aromatic heterocycles. The normalized spacial score (nSPS) is 46.8. The van der Waals surface area contributed by atoms with Crippen LogP contribution in [0, 0.1) is 5.92 Å². The number of fused-ring (bicyclic) bond motifs is 3. The van der Waals surface area contributed by atoms with Gasteiger partial charge in [-0.1, -0.05) is 18.2 Å². The van der Waals surface area contributed by atoms with E-state index in [0.29, 0.717) is 5.56 Å². The molecule has 1 aromatic carbocycles. The fourth-order valence-electron chi connectivity index (χ4n) is 3.63. The number of hydrogen-bond donors (Lipinski definition) is 2. The molecule has 2 aliphatic heterocycles. The minimum absolute atomic E-state index is 0.185. The molecular weight excluding hydrogens is 276 g/mol. The number of ether oxygens (including phenoxy) is 3. The average Bonchev–Trinajstić information content (AvgIpc) is 3.00. The first-order valence-corrected chi connectivity index (χ1v) is 6.94. The van der Waals surface area contributed by atoms with Crippen LogP contribution in [0.15, 0.2) is 30.3 Å². The van der Waals surface area contributed by atoms with Crippen LogP contribution in [-0.2, 0) is 14.2 Å². The van der Waals surface area contributed by atoms with Gasteiger partial charge in [0, 0.05) is 0 Å². The number of aliphatic hydroxyl groups is 2. The monoisotopic (exact) mass is 292 g/mol. The van der Waals surface area contributed by atoms with Crippen LogP contribution >= 0.6 is 0 Å². The molecule has 0 radical (unpaired) electrons. The van der Waals surface area contributed by atoms with Gasteiger partial charge in [-0.25, -0.2) is 4.79 Å². The van der Waals surface area contributed by atoms with Crippen molar-refractivity contribution in [3.63, 3.8) is 0 Å². The number of epoxide rings is 1. The van der Waals surface area contributed by atoms with E-state index in [-0.39, 0.29) is 6.61 Å². The number of benzene rings is 1. The Morgan fingerprint density at radius 2 is 2.10 bits per heavy atom. The zero-order chi connectivity index (χ0) is 14.8. The molecule has 2 unspecified atom stereocenters. The lowest BCUT2D eigenvalue weighted by Gasteiger charge is -2.33. The summed E-state index contributed by atoms with van der Waals surface area (Å²) in [7, 11) is 0. The Labute approximate surface area is 121 Å². The third kappa shape index (κ3) is 1.58. The SMILES string of the molecule is C[C@]12O[C@H]1[C@@H](OC(=O)c1ccccc1)[C@]1(O)C(O)OCC12. The Hall–Kier alpha value is -1.47. The largest absolute Gasteiger partial charge is 0.453 e. The van der Waals surface area contributed by atoms with Gasteiger partial charge in [0.25, 0.3) is 0 Å². The quantitative estimate of drug-likeness (QED) is 0.593. The number of esters is 1. The molecule has 2 N–H and O–H groups in total. The smallest absolute Gasteiger partial charge is 0.338 e. The molecule has 1 aromatic rings. The second-order valence-corrected chi connectivity index (χ2v) is 6.04. The summed E-state index contributed by atoms with van der Waals surface area (Å²) >= 11 is 0. The van der Waals surface area contributed by atoms with Gasteiger partial charge in [0.2, 0.25) is 0 Å². The van der Waals surface area contributed by atoms with E-state index in [9.17, 15) is 15.0 Å². The highest BCUT2D eigenvalue weighted by molar-refractivity contribution is 5.89. The summed E-state index contributed by atoms with van der Waals surface area (Å²) < 4.78 is 16.2. The van der Waals surface area contributed by atoms with E-state index in [1.165, 1.54) is 0 Å². The Morgan fingerprint density at radius 1 is 1.38 bits per heavy atom. The summed E-state index contributed by atoms with van der Waals surface area (Å²) in [6, 6.07) is 8.52. The third-order valence-corrected chi connectivity index (χ3v) is 4.93. The molecule has 21 heavy (non-hydrogen) atoms. The van der Waals surface area contributed by atoms with Crippen LogP contribution in [0.2, 0.25) is 0 Å². The van der Waals surface area contributed by atoms with Gasteiger partial charge in [-0.2, -0.15) is 0 Å². The molecule has 4 rings (SSSR count). The van der Waals surface area contributed by atoms with Crippen molar-refractivity contribution < 1.29 is 29.2 Å². The second-order valence-electron chi connectivity index (χ2n) is 6.04. The summed E-state index contributed by atoms with van der Waals surface area (Å²) in [6.07, 6.45) is -2.71. The molecule has 2 heterocycles. The standard InChI is InChI=1S/C15H16O6/c1-14-9-7-19-13(17)15(9,18)11(10(14)21-14)20-12(16)8-5-3-2-4-6-8/h2-6,9-11,13,17-18H,7H2,1H3/t9?,10-,11+,13?,14+,15-/m0/s1. The maximum atomic E-state index is 12.2. The number of aliphatic hydroxyl groups excluding tert-OH is 1. The van der Waals surface area contributed by atoms with Gasteiger partial charge in [0.05, 0.1) is 18.1 Å². The Bertz CT molecular complexity index is 589. The van der Waals surface area contributed by atoms with Crippen molar-refractivity contribution in [3.05, 3.63) is 35.9 Å².